The maximum atomic E-state index is 11.3. The molecule has 0 aliphatic heterocycles. The van der Waals surface area contributed by atoms with E-state index in [1.807, 2.05) is 13.8 Å². The van der Waals surface area contributed by atoms with Crippen LogP contribution < -0.4 is 5.32 Å². The number of aliphatic hydroxyl groups is 1. The summed E-state index contributed by atoms with van der Waals surface area (Å²) < 4.78 is 22.7. The number of hydrogen-bond donors (Lipinski definition) is 2. The molecule has 0 fully saturated rings. The largest absolute Gasteiger partial charge is 0.396 e. The Morgan fingerprint density at radius 2 is 2.00 bits per heavy atom. The molecule has 0 aromatic heterocycles. The fourth-order valence-corrected chi connectivity index (χ4v) is 2.63. The van der Waals surface area contributed by atoms with Crippen LogP contribution in [0.15, 0.2) is 0 Å². The van der Waals surface area contributed by atoms with E-state index in [0.717, 1.165) is 12.8 Å². The molecule has 0 bridgehead atoms. The van der Waals surface area contributed by atoms with Gasteiger partial charge in [0.25, 0.3) is 0 Å². The summed E-state index contributed by atoms with van der Waals surface area (Å²) in [6.45, 7) is 4.58. The molecule has 4 nitrogen and oxygen atoms in total. The van der Waals surface area contributed by atoms with Crippen LogP contribution in [0, 0.1) is 0 Å². The van der Waals surface area contributed by atoms with Crippen molar-refractivity contribution in [3.8, 4) is 0 Å². The second-order valence-electron chi connectivity index (χ2n) is 3.87. The highest BCUT2D eigenvalue weighted by molar-refractivity contribution is 7.91. The highest BCUT2D eigenvalue weighted by Gasteiger charge is 2.09. The van der Waals surface area contributed by atoms with Gasteiger partial charge in [-0.3, -0.25) is 0 Å². The van der Waals surface area contributed by atoms with E-state index in [0.29, 0.717) is 13.0 Å². The molecule has 0 aliphatic carbocycles. The molecule has 92 valence electrons. The van der Waals surface area contributed by atoms with Gasteiger partial charge in [-0.05, 0) is 26.2 Å². The Hall–Kier alpha value is -0.130. The van der Waals surface area contributed by atoms with E-state index >= 15 is 0 Å². The molecule has 0 rings (SSSR count). The molecule has 0 heterocycles. The second-order valence-corrected chi connectivity index (χ2v) is 6.18. The average molecular weight is 237 g/mol. The summed E-state index contributed by atoms with van der Waals surface area (Å²) in [4.78, 5) is 0. The lowest BCUT2D eigenvalue weighted by Crippen LogP contribution is -2.31. The molecule has 0 radical (unpaired) electrons. The maximum absolute atomic E-state index is 11.3. The number of hydrogen-bond acceptors (Lipinski definition) is 4. The van der Waals surface area contributed by atoms with Gasteiger partial charge in [-0.15, -0.1) is 0 Å². The average Bonchev–Trinajstić information content (AvgIpc) is 2.14. The number of aliphatic hydroxyl groups excluding tert-OH is 1. The monoisotopic (exact) mass is 237 g/mol. The van der Waals surface area contributed by atoms with Crippen molar-refractivity contribution in [3.63, 3.8) is 0 Å². The zero-order chi connectivity index (χ0) is 11.7. The van der Waals surface area contributed by atoms with E-state index in [4.69, 9.17) is 5.11 Å². The normalized spacial score (nSPS) is 14.1. The smallest absolute Gasteiger partial charge is 0.151 e. The van der Waals surface area contributed by atoms with Gasteiger partial charge < -0.3 is 10.4 Å². The topological polar surface area (TPSA) is 66.4 Å². The lowest BCUT2D eigenvalue weighted by Gasteiger charge is -2.12. The minimum Gasteiger partial charge on any atom is -0.396 e. The van der Waals surface area contributed by atoms with Gasteiger partial charge in [-0.2, -0.15) is 0 Å². The van der Waals surface area contributed by atoms with E-state index in [1.165, 1.54) is 0 Å². The molecule has 5 heteroatoms. The van der Waals surface area contributed by atoms with E-state index in [1.54, 1.807) is 0 Å². The zero-order valence-corrected chi connectivity index (χ0v) is 10.5. The van der Waals surface area contributed by atoms with Crippen LogP contribution in [0.25, 0.3) is 0 Å². The lowest BCUT2D eigenvalue weighted by molar-refractivity contribution is 0.277. The Kier molecular flexibility index (Phi) is 8.00. The van der Waals surface area contributed by atoms with Crippen LogP contribution >= 0.6 is 0 Å². The second kappa shape index (κ2) is 8.07. The molecular weight excluding hydrogens is 214 g/mol. The van der Waals surface area contributed by atoms with Gasteiger partial charge in [0.1, 0.15) is 0 Å². The van der Waals surface area contributed by atoms with Crippen molar-refractivity contribution in [3.05, 3.63) is 0 Å². The van der Waals surface area contributed by atoms with E-state index in [9.17, 15) is 8.42 Å². The zero-order valence-electron chi connectivity index (χ0n) is 9.70. The Bertz CT molecular complexity index is 239. The van der Waals surface area contributed by atoms with Gasteiger partial charge in [-0.1, -0.05) is 6.92 Å². The first kappa shape index (κ1) is 14.9. The van der Waals surface area contributed by atoms with Crippen molar-refractivity contribution in [1.82, 2.24) is 5.32 Å². The van der Waals surface area contributed by atoms with Crippen molar-refractivity contribution in [2.24, 2.45) is 0 Å². The first-order valence-corrected chi connectivity index (χ1v) is 7.38. The summed E-state index contributed by atoms with van der Waals surface area (Å²) in [6, 6.07) is 0.272. The number of rotatable bonds is 9. The summed E-state index contributed by atoms with van der Waals surface area (Å²) >= 11 is 0. The molecule has 1 atom stereocenters. The maximum Gasteiger partial charge on any atom is 0.151 e. The van der Waals surface area contributed by atoms with Crippen molar-refractivity contribution in [2.45, 2.75) is 39.2 Å². The Balaban J connectivity index is 3.60. The van der Waals surface area contributed by atoms with Crippen LogP contribution in [0.1, 0.15) is 33.1 Å². The third kappa shape index (κ3) is 8.84. The molecule has 0 aliphatic rings. The van der Waals surface area contributed by atoms with Gasteiger partial charge in [0.05, 0.1) is 5.75 Å². The lowest BCUT2D eigenvalue weighted by atomic mass is 10.2. The molecule has 1 unspecified atom stereocenters. The van der Waals surface area contributed by atoms with Crippen LogP contribution in [0.5, 0.6) is 0 Å². The summed E-state index contributed by atoms with van der Waals surface area (Å²) in [5.74, 6) is 0.490. The van der Waals surface area contributed by atoms with Gasteiger partial charge in [0, 0.05) is 24.9 Å². The molecule has 2 N–H and O–H groups in total. The van der Waals surface area contributed by atoms with Gasteiger partial charge >= 0.3 is 0 Å². The van der Waals surface area contributed by atoms with E-state index < -0.39 is 9.84 Å². The van der Waals surface area contributed by atoms with Crippen LogP contribution in [0.4, 0.5) is 0 Å². The first-order valence-electron chi connectivity index (χ1n) is 5.56. The quantitative estimate of drug-likeness (QED) is 0.615. The van der Waals surface area contributed by atoms with Crippen molar-refractivity contribution in [1.29, 1.82) is 0 Å². The third-order valence-corrected chi connectivity index (χ3v) is 4.07. The molecule has 0 saturated heterocycles. The standard InChI is InChI=1S/C10H23NO3S/c1-3-8-15(13,14)9-6-11-10(2)5-4-7-12/h10-12H,3-9H2,1-2H3. The third-order valence-electron chi connectivity index (χ3n) is 2.22. The molecule has 0 aromatic rings. The van der Waals surface area contributed by atoms with Crippen molar-refractivity contribution < 1.29 is 13.5 Å². The summed E-state index contributed by atoms with van der Waals surface area (Å²) in [7, 11) is -2.86. The molecule has 0 spiro atoms. The highest BCUT2D eigenvalue weighted by atomic mass is 32.2. The highest BCUT2D eigenvalue weighted by Crippen LogP contribution is 1.96. The van der Waals surface area contributed by atoms with Gasteiger partial charge in [0.15, 0.2) is 9.84 Å². The van der Waals surface area contributed by atoms with Gasteiger partial charge in [-0.25, -0.2) is 8.42 Å². The SMILES string of the molecule is CCCS(=O)(=O)CCNC(C)CCCO. The molecule has 15 heavy (non-hydrogen) atoms. The fourth-order valence-electron chi connectivity index (χ4n) is 1.37. The van der Waals surface area contributed by atoms with Crippen molar-refractivity contribution >= 4 is 9.84 Å². The summed E-state index contributed by atoms with van der Waals surface area (Å²) in [5, 5.41) is 11.8. The predicted molar refractivity (Wildman–Crippen MR) is 62.7 cm³/mol. The minimum atomic E-state index is -2.86. The number of sulfone groups is 1. The Morgan fingerprint density at radius 3 is 2.53 bits per heavy atom. The minimum absolute atomic E-state index is 0.195. The fraction of sp³-hybridized carbons (Fsp3) is 1.00. The molecule has 0 amide bonds. The molecule has 0 aromatic carbocycles. The van der Waals surface area contributed by atoms with Gasteiger partial charge in [0.2, 0.25) is 0 Å². The van der Waals surface area contributed by atoms with Crippen LogP contribution in [0.3, 0.4) is 0 Å². The van der Waals surface area contributed by atoms with Crippen LogP contribution in [-0.2, 0) is 9.84 Å². The van der Waals surface area contributed by atoms with E-state index in [2.05, 4.69) is 5.32 Å². The van der Waals surface area contributed by atoms with Crippen molar-refractivity contribution in [2.75, 3.05) is 24.7 Å². The molecule has 0 saturated carbocycles. The van der Waals surface area contributed by atoms with Crippen LogP contribution in [-0.4, -0.2) is 44.2 Å². The first-order chi connectivity index (χ1) is 7.02. The van der Waals surface area contributed by atoms with Crippen LogP contribution in [0.2, 0.25) is 0 Å². The Morgan fingerprint density at radius 1 is 1.33 bits per heavy atom. The summed E-state index contributed by atoms with van der Waals surface area (Å²) in [5.41, 5.74) is 0. The summed E-state index contributed by atoms with van der Waals surface area (Å²) in [6.07, 6.45) is 2.32. The number of nitrogens with one attached hydrogen (secondary N) is 1. The Labute approximate surface area is 93.0 Å². The predicted octanol–water partition coefficient (Wildman–Crippen LogP) is 0.562. The molecular formula is C10H23NO3S. The van der Waals surface area contributed by atoms with E-state index in [-0.39, 0.29) is 24.2 Å².